The molecule has 0 aliphatic heterocycles. The number of sulfone groups is 1. The largest absolute Gasteiger partial charge is 0.482 e. The van der Waals surface area contributed by atoms with Crippen LogP contribution in [0.25, 0.3) is 0 Å². The lowest BCUT2D eigenvalue weighted by Gasteiger charge is -2.24. The molecule has 0 bridgehead atoms. The van der Waals surface area contributed by atoms with Gasteiger partial charge >= 0.3 is 6.18 Å². The molecule has 0 aliphatic carbocycles. The van der Waals surface area contributed by atoms with Gasteiger partial charge in [0, 0.05) is 0 Å². The van der Waals surface area contributed by atoms with Crippen LogP contribution in [0.3, 0.4) is 0 Å². The Morgan fingerprint density at radius 3 is 2.30 bits per heavy atom. The highest BCUT2D eigenvalue weighted by Gasteiger charge is 2.37. The zero-order valence-corrected chi connectivity index (χ0v) is 16.6. The number of aliphatic hydroxyl groups is 1. The number of ether oxygens (including phenoxy) is 1. The number of hydrogen-bond acceptors (Lipinski definition) is 6. The van der Waals surface area contributed by atoms with E-state index >= 15 is 0 Å². The predicted octanol–water partition coefficient (Wildman–Crippen LogP) is 3.62. The number of alkyl halides is 3. The van der Waals surface area contributed by atoms with Gasteiger partial charge in [0.1, 0.15) is 5.82 Å². The van der Waals surface area contributed by atoms with E-state index in [4.69, 9.17) is 10.00 Å². The highest BCUT2D eigenvalue weighted by atomic mass is 32.2. The van der Waals surface area contributed by atoms with E-state index in [0.29, 0.717) is 6.07 Å². The first-order chi connectivity index (χ1) is 13.8. The molecule has 0 radical (unpaired) electrons. The molecule has 0 saturated heterocycles. The van der Waals surface area contributed by atoms with Gasteiger partial charge in [-0.05, 0) is 49.4 Å². The Morgan fingerprint density at radius 1 is 1.20 bits per heavy atom. The second-order valence-electron chi connectivity index (χ2n) is 6.45. The van der Waals surface area contributed by atoms with Crippen LogP contribution >= 0.6 is 0 Å². The van der Waals surface area contributed by atoms with Crippen LogP contribution in [-0.2, 0) is 20.8 Å². The van der Waals surface area contributed by atoms with E-state index in [1.54, 1.807) is 0 Å². The van der Waals surface area contributed by atoms with Crippen LogP contribution in [0, 0.1) is 17.1 Å². The van der Waals surface area contributed by atoms with Gasteiger partial charge in [-0.2, -0.15) is 18.4 Å². The molecule has 0 heterocycles. The summed E-state index contributed by atoms with van der Waals surface area (Å²) in [6, 6.07) is 7.90. The Kier molecular flexibility index (Phi) is 6.54. The van der Waals surface area contributed by atoms with Gasteiger partial charge in [0.25, 0.3) is 0 Å². The van der Waals surface area contributed by atoms with Crippen molar-refractivity contribution >= 4 is 21.4 Å². The topological polar surface area (TPSA) is 99.8 Å². The minimum absolute atomic E-state index is 0.266. The third-order valence-electron chi connectivity index (χ3n) is 3.96. The van der Waals surface area contributed by atoms with Crippen molar-refractivity contribution in [3.63, 3.8) is 0 Å². The fourth-order valence-corrected chi connectivity index (χ4v) is 4.17. The molecule has 2 aromatic rings. The smallest absolute Gasteiger partial charge is 0.417 e. The first-order valence-electron chi connectivity index (χ1n) is 8.25. The Labute approximate surface area is 170 Å². The molecule has 11 heteroatoms. The molecular formula is C19H16F4N2O4S. The summed E-state index contributed by atoms with van der Waals surface area (Å²) in [6.45, 7) is 1.06. The van der Waals surface area contributed by atoms with E-state index in [-0.39, 0.29) is 10.6 Å². The van der Waals surface area contributed by atoms with Crippen molar-refractivity contribution in [2.24, 2.45) is 4.99 Å². The standard InChI is InChI=1S/C19H16F4N2O4S/c1-18(26,11-30(27,28)15-7-4-13(20)5-8-15)17(29-2)25-14-6-3-12(10-24)16(9-14)19(21,22)23/h3-9,26H,11H2,1-2H3/b25-17-. The molecule has 6 nitrogen and oxygen atoms in total. The average molecular weight is 444 g/mol. The SMILES string of the molecule is CO/C(=N\c1ccc(C#N)c(C(F)(F)F)c1)C(C)(O)CS(=O)(=O)c1ccc(F)cc1. The predicted molar refractivity (Wildman–Crippen MR) is 99.3 cm³/mol. The molecule has 0 aliphatic rings. The van der Waals surface area contributed by atoms with Gasteiger partial charge in [-0.3, -0.25) is 0 Å². The van der Waals surface area contributed by atoms with Crippen molar-refractivity contribution in [3.8, 4) is 6.07 Å². The molecule has 160 valence electrons. The maximum atomic E-state index is 13.1. The van der Waals surface area contributed by atoms with Crippen LogP contribution < -0.4 is 0 Å². The quantitative estimate of drug-likeness (QED) is 0.329. The maximum absolute atomic E-state index is 13.1. The Bertz CT molecular complexity index is 1100. The van der Waals surface area contributed by atoms with Gasteiger partial charge in [0.15, 0.2) is 15.4 Å². The summed E-state index contributed by atoms with van der Waals surface area (Å²) >= 11 is 0. The molecule has 30 heavy (non-hydrogen) atoms. The fraction of sp³-hybridized carbons (Fsp3) is 0.263. The lowest BCUT2D eigenvalue weighted by atomic mass is 10.1. The minimum Gasteiger partial charge on any atom is -0.482 e. The van der Waals surface area contributed by atoms with Crippen molar-refractivity contribution in [2.45, 2.75) is 23.6 Å². The highest BCUT2D eigenvalue weighted by Crippen LogP contribution is 2.34. The van der Waals surface area contributed by atoms with Gasteiger partial charge in [0.05, 0.1) is 40.6 Å². The molecule has 1 unspecified atom stereocenters. The molecule has 0 amide bonds. The van der Waals surface area contributed by atoms with E-state index in [2.05, 4.69) is 4.99 Å². The summed E-state index contributed by atoms with van der Waals surface area (Å²) in [6.07, 6.45) is -4.82. The zero-order chi connectivity index (χ0) is 22.7. The number of methoxy groups -OCH3 is 1. The number of hydrogen-bond donors (Lipinski definition) is 1. The number of benzene rings is 2. The van der Waals surface area contributed by atoms with Gasteiger partial charge in [0.2, 0.25) is 5.90 Å². The summed E-state index contributed by atoms with van der Waals surface area (Å²) in [5.41, 5.74) is -4.39. The van der Waals surface area contributed by atoms with Crippen molar-refractivity contribution in [2.75, 3.05) is 12.9 Å². The maximum Gasteiger partial charge on any atom is 0.417 e. The Hall–Kier alpha value is -2.97. The van der Waals surface area contributed by atoms with Crippen molar-refractivity contribution in [1.29, 1.82) is 5.26 Å². The van der Waals surface area contributed by atoms with Gasteiger partial charge in [-0.25, -0.2) is 17.8 Å². The first kappa shape index (κ1) is 23.3. The molecule has 0 spiro atoms. The number of aliphatic imine (C=N–C) groups is 1. The van der Waals surface area contributed by atoms with Crippen LogP contribution in [0.15, 0.2) is 52.4 Å². The Morgan fingerprint density at radius 2 is 1.80 bits per heavy atom. The van der Waals surface area contributed by atoms with Gasteiger partial charge in [-0.15, -0.1) is 0 Å². The number of nitriles is 1. The summed E-state index contributed by atoms with van der Waals surface area (Å²) in [7, 11) is -3.06. The van der Waals surface area contributed by atoms with E-state index in [9.17, 15) is 31.1 Å². The summed E-state index contributed by atoms with van der Waals surface area (Å²) < 4.78 is 82.4. The molecule has 0 aromatic heterocycles. The molecule has 2 rings (SSSR count). The van der Waals surface area contributed by atoms with E-state index in [1.165, 1.54) is 6.07 Å². The normalized spacial score (nSPS) is 14.7. The molecule has 0 fully saturated rings. The monoisotopic (exact) mass is 444 g/mol. The minimum atomic E-state index is -4.82. The molecule has 0 saturated carbocycles. The van der Waals surface area contributed by atoms with Crippen LogP contribution in [0.1, 0.15) is 18.1 Å². The van der Waals surface area contributed by atoms with E-state index in [1.807, 2.05) is 0 Å². The van der Waals surface area contributed by atoms with Gasteiger partial charge < -0.3 is 9.84 Å². The summed E-state index contributed by atoms with van der Waals surface area (Å²) in [5.74, 6) is -2.15. The summed E-state index contributed by atoms with van der Waals surface area (Å²) in [4.78, 5) is 3.53. The van der Waals surface area contributed by atoms with Crippen LogP contribution in [0.4, 0.5) is 23.2 Å². The lowest BCUT2D eigenvalue weighted by Crippen LogP contribution is -2.43. The molecule has 1 atom stereocenters. The summed E-state index contributed by atoms with van der Waals surface area (Å²) in [5, 5.41) is 19.5. The average Bonchev–Trinajstić information content (AvgIpc) is 2.64. The molecular weight excluding hydrogens is 428 g/mol. The third-order valence-corrected chi connectivity index (χ3v) is 5.89. The Balaban J connectivity index is 2.44. The van der Waals surface area contributed by atoms with Gasteiger partial charge in [-0.1, -0.05) is 0 Å². The second-order valence-corrected chi connectivity index (χ2v) is 8.44. The van der Waals surface area contributed by atoms with Crippen molar-refractivity contribution in [1.82, 2.24) is 0 Å². The van der Waals surface area contributed by atoms with Crippen LogP contribution in [0.5, 0.6) is 0 Å². The van der Waals surface area contributed by atoms with Crippen LogP contribution in [-0.4, -0.2) is 37.9 Å². The highest BCUT2D eigenvalue weighted by molar-refractivity contribution is 7.91. The van der Waals surface area contributed by atoms with E-state index in [0.717, 1.165) is 50.4 Å². The molecule has 1 N–H and O–H groups in total. The zero-order valence-electron chi connectivity index (χ0n) is 15.7. The number of nitrogens with zero attached hydrogens (tertiary/aromatic N) is 2. The van der Waals surface area contributed by atoms with E-state index < -0.39 is 50.2 Å². The van der Waals surface area contributed by atoms with Crippen LogP contribution in [0.2, 0.25) is 0 Å². The third kappa shape index (κ3) is 5.34. The first-order valence-corrected chi connectivity index (χ1v) is 9.90. The number of rotatable bonds is 5. The molecule has 2 aromatic carbocycles. The number of halogens is 4. The second kappa shape index (κ2) is 8.41. The van der Waals surface area contributed by atoms with Crippen molar-refractivity contribution < 1.29 is 35.8 Å². The van der Waals surface area contributed by atoms with Crippen molar-refractivity contribution in [3.05, 3.63) is 59.4 Å². The lowest BCUT2D eigenvalue weighted by molar-refractivity contribution is -0.137. The fourth-order valence-electron chi connectivity index (χ4n) is 2.59.